The minimum atomic E-state index is -0.645. The Morgan fingerprint density at radius 3 is 2.39 bits per heavy atom. The summed E-state index contributed by atoms with van der Waals surface area (Å²) in [5, 5.41) is 2.79. The summed E-state index contributed by atoms with van der Waals surface area (Å²) in [6.07, 6.45) is 0.0971. The number of carbonyl (C=O) groups excluding carboxylic acids is 4. The number of anilines is 2. The number of hydrogen-bond donors (Lipinski definition) is 1. The Morgan fingerprint density at radius 1 is 1.00 bits per heavy atom. The zero-order valence-electron chi connectivity index (χ0n) is 19.4. The molecule has 2 amide bonds. The van der Waals surface area contributed by atoms with Crippen LogP contribution < -0.4 is 15.0 Å². The van der Waals surface area contributed by atoms with Crippen LogP contribution in [0.5, 0.6) is 5.75 Å². The zero-order valence-corrected chi connectivity index (χ0v) is 21.0. The van der Waals surface area contributed by atoms with Gasteiger partial charge in [-0.25, -0.2) is 4.79 Å². The molecule has 8 nitrogen and oxygen atoms in total. The van der Waals surface area contributed by atoms with Gasteiger partial charge in [0, 0.05) is 40.4 Å². The number of Topliss-reactive ketones (excluding diaryl/α,β-unsaturated/α-hetero) is 1. The number of halogens is 1. The lowest BCUT2D eigenvalue weighted by atomic mass is 10.1. The average Bonchev–Trinajstić information content (AvgIpc) is 3.29. The van der Waals surface area contributed by atoms with E-state index in [0.29, 0.717) is 22.7 Å². The van der Waals surface area contributed by atoms with E-state index in [9.17, 15) is 19.2 Å². The van der Waals surface area contributed by atoms with Crippen molar-refractivity contribution in [3.63, 3.8) is 0 Å². The molecule has 1 aliphatic rings. The first-order chi connectivity index (χ1) is 17.3. The Labute approximate surface area is 216 Å². The van der Waals surface area contributed by atoms with Gasteiger partial charge in [0.2, 0.25) is 11.8 Å². The van der Waals surface area contributed by atoms with Crippen LogP contribution in [-0.2, 0) is 14.3 Å². The molecule has 1 atom stereocenters. The number of amides is 2. The van der Waals surface area contributed by atoms with Crippen molar-refractivity contribution in [3.05, 3.63) is 88.4 Å². The predicted octanol–water partition coefficient (Wildman–Crippen LogP) is 4.49. The number of esters is 1. The van der Waals surface area contributed by atoms with E-state index >= 15 is 0 Å². The maximum absolute atomic E-state index is 12.8. The van der Waals surface area contributed by atoms with Crippen LogP contribution in [0.15, 0.2) is 77.3 Å². The Balaban J connectivity index is 1.30. The second kappa shape index (κ2) is 11.2. The number of nitrogens with one attached hydrogen (secondary N) is 1. The second-order valence-corrected chi connectivity index (χ2v) is 9.10. The van der Waals surface area contributed by atoms with Crippen molar-refractivity contribution in [1.29, 1.82) is 0 Å². The van der Waals surface area contributed by atoms with Crippen LogP contribution in [0, 0.1) is 5.92 Å². The van der Waals surface area contributed by atoms with E-state index in [-0.39, 0.29) is 42.7 Å². The second-order valence-electron chi connectivity index (χ2n) is 8.18. The summed E-state index contributed by atoms with van der Waals surface area (Å²) in [4.78, 5) is 51.3. The maximum Gasteiger partial charge on any atom is 0.338 e. The summed E-state index contributed by atoms with van der Waals surface area (Å²) in [5.74, 6) is -1.27. The summed E-state index contributed by atoms with van der Waals surface area (Å²) in [6.45, 7) is -0.118. The molecule has 1 saturated heterocycles. The van der Waals surface area contributed by atoms with Crippen molar-refractivity contribution in [2.45, 2.75) is 6.42 Å². The summed E-state index contributed by atoms with van der Waals surface area (Å²) < 4.78 is 11.2. The van der Waals surface area contributed by atoms with Gasteiger partial charge in [-0.15, -0.1) is 0 Å². The molecule has 0 saturated carbocycles. The van der Waals surface area contributed by atoms with Gasteiger partial charge in [-0.05, 0) is 48.5 Å². The molecular formula is C27H23BrN2O6. The Hall–Kier alpha value is -3.98. The average molecular weight is 551 g/mol. The molecule has 1 aliphatic heterocycles. The van der Waals surface area contributed by atoms with Crippen molar-refractivity contribution >= 4 is 50.9 Å². The van der Waals surface area contributed by atoms with Crippen LogP contribution in [0.25, 0.3) is 0 Å². The van der Waals surface area contributed by atoms with Crippen LogP contribution in [0.2, 0.25) is 0 Å². The van der Waals surface area contributed by atoms with Crippen LogP contribution in [-0.4, -0.2) is 43.8 Å². The Kier molecular flexibility index (Phi) is 7.80. The van der Waals surface area contributed by atoms with Crippen LogP contribution >= 0.6 is 15.9 Å². The molecule has 4 rings (SSSR count). The normalized spacial score (nSPS) is 14.9. The van der Waals surface area contributed by atoms with E-state index in [2.05, 4.69) is 21.2 Å². The van der Waals surface area contributed by atoms with Gasteiger partial charge in [0.1, 0.15) is 5.75 Å². The highest BCUT2D eigenvalue weighted by Gasteiger charge is 2.35. The first kappa shape index (κ1) is 25.1. The van der Waals surface area contributed by atoms with Crippen molar-refractivity contribution in [3.8, 4) is 5.75 Å². The predicted molar refractivity (Wildman–Crippen MR) is 137 cm³/mol. The number of ether oxygens (including phenoxy) is 2. The molecule has 0 radical (unpaired) electrons. The fourth-order valence-electron chi connectivity index (χ4n) is 3.78. The smallest absolute Gasteiger partial charge is 0.338 e. The zero-order chi connectivity index (χ0) is 25.7. The molecule has 0 bridgehead atoms. The van der Waals surface area contributed by atoms with E-state index in [0.717, 1.165) is 4.47 Å². The number of methoxy groups -OCH3 is 1. The topological polar surface area (TPSA) is 102 Å². The minimum Gasteiger partial charge on any atom is -0.497 e. The number of nitrogens with zero attached hydrogens (tertiary/aromatic N) is 1. The largest absolute Gasteiger partial charge is 0.497 e. The number of benzene rings is 3. The summed E-state index contributed by atoms with van der Waals surface area (Å²) in [5.41, 5.74) is 1.85. The summed E-state index contributed by atoms with van der Waals surface area (Å²) >= 11 is 3.30. The molecule has 9 heteroatoms. The van der Waals surface area contributed by atoms with Crippen LogP contribution in [0.4, 0.5) is 11.4 Å². The van der Waals surface area contributed by atoms with Crippen LogP contribution in [0.3, 0.4) is 0 Å². The Bertz CT molecular complexity index is 1290. The van der Waals surface area contributed by atoms with Crippen molar-refractivity contribution in [1.82, 2.24) is 0 Å². The van der Waals surface area contributed by atoms with E-state index in [1.54, 1.807) is 72.7 Å². The van der Waals surface area contributed by atoms with Gasteiger partial charge in [-0.2, -0.15) is 0 Å². The highest BCUT2D eigenvalue weighted by Crippen LogP contribution is 2.28. The van der Waals surface area contributed by atoms with E-state index < -0.39 is 11.9 Å². The molecule has 0 aromatic heterocycles. The standard InChI is InChI=1S/C27H23BrN2O6/c1-35-23-4-2-3-22(14-23)30-15-19(13-25(30)32)26(33)29-21-11-7-18(8-12-21)27(34)36-16-24(31)17-5-9-20(28)10-6-17/h2-12,14,19H,13,15-16H2,1H3,(H,29,33)/t19-/m1/s1. The molecule has 0 unspecified atom stereocenters. The monoisotopic (exact) mass is 550 g/mol. The lowest BCUT2D eigenvalue weighted by Gasteiger charge is -2.17. The fraction of sp³-hybridized carbons (Fsp3) is 0.185. The highest BCUT2D eigenvalue weighted by atomic mass is 79.9. The third-order valence-electron chi connectivity index (χ3n) is 5.75. The summed E-state index contributed by atoms with van der Waals surface area (Å²) in [6, 6.07) is 20.0. The van der Waals surface area contributed by atoms with E-state index in [1.165, 1.54) is 12.1 Å². The molecule has 3 aromatic carbocycles. The van der Waals surface area contributed by atoms with Gasteiger partial charge in [-0.3, -0.25) is 14.4 Å². The molecule has 0 aliphatic carbocycles. The molecule has 1 heterocycles. The van der Waals surface area contributed by atoms with Crippen LogP contribution in [0.1, 0.15) is 27.1 Å². The molecule has 0 spiro atoms. The van der Waals surface area contributed by atoms with E-state index in [4.69, 9.17) is 9.47 Å². The summed E-state index contributed by atoms with van der Waals surface area (Å²) in [7, 11) is 1.55. The molecule has 3 aromatic rings. The lowest BCUT2D eigenvalue weighted by molar-refractivity contribution is -0.122. The first-order valence-electron chi connectivity index (χ1n) is 11.2. The minimum absolute atomic E-state index is 0.0971. The van der Waals surface area contributed by atoms with Gasteiger partial charge in [0.05, 0.1) is 18.6 Å². The SMILES string of the molecule is COc1cccc(N2C[C@H](C(=O)Nc3ccc(C(=O)OCC(=O)c4ccc(Br)cc4)cc3)CC2=O)c1. The van der Waals surface area contributed by atoms with Crippen molar-refractivity contribution in [2.24, 2.45) is 5.92 Å². The van der Waals surface area contributed by atoms with Gasteiger partial charge in [0.25, 0.3) is 0 Å². The molecule has 36 heavy (non-hydrogen) atoms. The molecule has 184 valence electrons. The molecular weight excluding hydrogens is 528 g/mol. The first-order valence-corrected chi connectivity index (χ1v) is 11.9. The highest BCUT2D eigenvalue weighted by molar-refractivity contribution is 9.10. The lowest BCUT2D eigenvalue weighted by Crippen LogP contribution is -2.28. The third kappa shape index (κ3) is 5.98. The quantitative estimate of drug-likeness (QED) is 0.327. The maximum atomic E-state index is 12.8. The van der Waals surface area contributed by atoms with E-state index in [1.807, 2.05) is 0 Å². The molecule has 1 fully saturated rings. The van der Waals surface area contributed by atoms with Gasteiger partial charge in [-0.1, -0.05) is 34.1 Å². The van der Waals surface area contributed by atoms with Crippen molar-refractivity contribution < 1.29 is 28.7 Å². The van der Waals surface area contributed by atoms with Crippen molar-refractivity contribution in [2.75, 3.05) is 30.5 Å². The number of carbonyl (C=O) groups is 4. The molecule has 1 N–H and O–H groups in total. The van der Waals surface area contributed by atoms with Gasteiger partial charge in [0.15, 0.2) is 12.4 Å². The Morgan fingerprint density at radius 2 is 1.69 bits per heavy atom. The number of ketones is 1. The number of rotatable bonds is 8. The fourth-order valence-corrected chi connectivity index (χ4v) is 4.04. The number of hydrogen-bond acceptors (Lipinski definition) is 6. The van der Waals surface area contributed by atoms with Gasteiger partial charge < -0.3 is 19.7 Å². The van der Waals surface area contributed by atoms with Gasteiger partial charge >= 0.3 is 5.97 Å². The third-order valence-corrected chi connectivity index (χ3v) is 6.28.